The summed E-state index contributed by atoms with van der Waals surface area (Å²) in [5, 5.41) is 13.3. The lowest BCUT2D eigenvalue weighted by Crippen LogP contribution is -2.15. The number of aliphatic hydroxyl groups excluding tert-OH is 1. The van der Waals surface area contributed by atoms with E-state index in [2.05, 4.69) is 10.3 Å². The summed E-state index contributed by atoms with van der Waals surface area (Å²) >= 11 is 12.2. The molecule has 0 unspecified atom stereocenters. The van der Waals surface area contributed by atoms with Crippen LogP contribution in [0.4, 0.5) is 5.69 Å². The van der Waals surface area contributed by atoms with Crippen LogP contribution in [0.3, 0.4) is 0 Å². The zero-order valence-corrected chi connectivity index (χ0v) is 13.7. The van der Waals surface area contributed by atoms with E-state index in [4.69, 9.17) is 28.3 Å². The topological polar surface area (TPSA) is 67.2 Å². The number of carbonyl (C=O) groups is 1. The number of nitrogens with zero attached hydrogens (tertiary/aromatic N) is 2. The molecule has 0 atom stereocenters. The number of nitrogens with one attached hydrogen (secondary N) is 1. The third kappa shape index (κ3) is 2.91. The summed E-state index contributed by atoms with van der Waals surface area (Å²) < 4.78 is 1.75. The second-order valence-corrected chi connectivity index (χ2v) is 5.82. The van der Waals surface area contributed by atoms with E-state index < -0.39 is 0 Å². The Morgan fingerprint density at radius 1 is 1.30 bits per heavy atom. The first-order valence-electron chi connectivity index (χ1n) is 6.82. The number of fused-ring (bicyclic) bond motifs is 1. The van der Waals surface area contributed by atoms with Crippen LogP contribution in [0.25, 0.3) is 10.9 Å². The molecule has 0 spiro atoms. The average Bonchev–Trinajstić information content (AvgIpc) is 2.89. The lowest BCUT2D eigenvalue weighted by atomic mass is 10.2. The van der Waals surface area contributed by atoms with Gasteiger partial charge >= 0.3 is 0 Å². The van der Waals surface area contributed by atoms with Crippen molar-refractivity contribution in [2.45, 2.75) is 6.61 Å². The summed E-state index contributed by atoms with van der Waals surface area (Å²) in [6, 6.07) is 8.55. The van der Waals surface area contributed by atoms with Crippen LogP contribution in [0, 0.1) is 0 Å². The van der Waals surface area contributed by atoms with Crippen LogP contribution in [0.2, 0.25) is 10.0 Å². The van der Waals surface area contributed by atoms with E-state index in [9.17, 15) is 4.79 Å². The van der Waals surface area contributed by atoms with Gasteiger partial charge in [0, 0.05) is 18.0 Å². The fourth-order valence-corrected chi connectivity index (χ4v) is 2.73. The number of carbonyl (C=O) groups excluding carboxylic acids is 1. The van der Waals surface area contributed by atoms with Gasteiger partial charge in [0.2, 0.25) is 0 Å². The fourth-order valence-electron chi connectivity index (χ4n) is 2.35. The minimum absolute atomic E-state index is 0.142. The third-order valence-electron chi connectivity index (χ3n) is 3.59. The van der Waals surface area contributed by atoms with Gasteiger partial charge < -0.3 is 15.0 Å². The Kier molecular flexibility index (Phi) is 4.26. The van der Waals surface area contributed by atoms with Crippen LogP contribution < -0.4 is 5.32 Å². The molecule has 118 valence electrons. The lowest BCUT2D eigenvalue weighted by Gasteiger charge is -2.06. The predicted molar refractivity (Wildman–Crippen MR) is 91.1 cm³/mol. The standard InChI is InChI=1S/C16H13Cl2N3O2/c1-21-13-5-4-12(17)15(18)11(13)6-14(21)16(23)20-9-2-3-10(8-22)19-7-9/h2-7,22H,8H2,1H3,(H,20,23). The van der Waals surface area contributed by atoms with E-state index in [1.54, 1.807) is 35.9 Å². The van der Waals surface area contributed by atoms with Crippen molar-refractivity contribution in [1.29, 1.82) is 0 Å². The molecule has 2 aromatic heterocycles. The molecule has 0 saturated carbocycles. The molecule has 0 aliphatic heterocycles. The maximum atomic E-state index is 12.5. The van der Waals surface area contributed by atoms with E-state index in [1.165, 1.54) is 6.20 Å². The number of amides is 1. The fraction of sp³-hybridized carbons (Fsp3) is 0.125. The number of aryl methyl sites for hydroxylation is 1. The Morgan fingerprint density at radius 2 is 2.09 bits per heavy atom. The Labute approximate surface area is 142 Å². The Hall–Kier alpha value is -2.08. The van der Waals surface area contributed by atoms with Gasteiger partial charge in [0.05, 0.1) is 34.2 Å². The Bertz CT molecular complexity index is 888. The van der Waals surface area contributed by atoms with E-state index in [-0.39, 0.29) is 12.5 Å². The molecule has 0 bridgehead atoms. The summed E-state index contributed by atoms with van der Waals surface area (Å²) in [4.78, 5) is 16.5. The number of hydrogen-bond acceptors (Lipinski definition) is 3. The van der Waals surface area contributed by atoms with Crippen molar-refractivity contribution in [1.82, 2.24) is 9.55 Å². The summed E-state index contributed by atoms with van der Waals surface area (Å²) in [7, 11) is 1.79. The highest BCUT2D eigenvalue weighted by molar-refractivity contribution is 6.45. The highest BCUT2D eigenvalue weighted by atomic mass is 35.5. The molecule has 2 N–H and O–H groups in total. The van der Waals surface area contributed by atoms with Crippen molar-refractivity contribution in [2.24, 2.45) is 7.05 Å². The molecule has 0 aliphatic carbocycles. The maximum Gasteiger partial charge on any atom is 0.272 e. The van der Waals surface area contributed by atoms with Crippen molar-refractivity contribution in [3.8, 4) is 0 Å². The summed E-state index contributed by atoms with van der Waals surface area (Å²) in [5.41, 5.74) is 2.35. The number of benzene rings is 1. The Balaban J connectivity index is 1.94. The van der Waals surface area contributed by atoms with Crippen LogP contribution in [0.15, 0.2) is 36.5 Å². The molecule has 3 rings (SSSR count). The van der Waals surface area contributed by atoms with Gasteiger partial charge in [-0.25, -0.2) is 0 Å². The smallest absolute Gasteiger partial charge is 0.272 e. The van der Waals surface area contributed by atoms with Gasteiger partial charge in [0.25, 0.3) is 5.91 Å². The van der Waals surface area contributed by atoms with Gasteiger partial charge in [-0.1, -0.05) is 23.2 Å². The van der Waals surface area contributed by atoms with Crippen LogP contribution in [-0.4, -0.2) is 20.6 Å². The van der Waals surface area contributed by atoms with Crippen molar-refractivity contribution < 1.29 is 9.90 Å². The number of aliphatic hydroxyl groups is 1. The first kappa shape index (κ1) is 15.8. The zero-order valence-electron chi connectivity index (χ0n) is 12.2. The first-order valence-corrected chi connectivity index (χ1v) is 7.57. The average molecular weight is 350 g/mol. The molecule has 0 saturated heterocycles. The van der Waals surface area contributed by atoms with Gasteiger partial charge in [-0.3, -0.25) is 9.78 Å². The summed E-state index contributed by atoms with van der Waals surface area (Å²) in [5.74, 6) is -0.283. The van der Waals surface area contributed by atoms with Crippen LogP contribution in [0.1, 0.15) is 16.2 Å². The number of anilines is 1. The third-order valence-corrected chi connectivity index (χ3v) is 4.41. The second-order valence-electron chi connectivity index (χ2n) is 5.03. The number of rotatable bonds is 3. The molecular weight excluding hydrogens is 337 g/mol. The van der Waals surface area contributed by atoms with E-state index in [0.29, 0.717) is 27.1 Å². The maximum absolute atomic E-state index is 12.5. The predicted octanol–water partition coefficient (Wildman–Crippen LogP) is 3.62. The normalized spacial score (nSPS) is 11.0. The van der Waals surface area contributed by atoms with E-state index >= 15 is 0 Å². The molecule has 2 heterocycles. The van der Waals surface area contributed by atoms with Crippen LogP contribution >= 0.6 is 23.2 Å². The molecule has 0 fully saturated rings. The number of hydrogen-bond donors (Lipinski definition) is 2. The van der Waals surface area contributed by atoms with Gasteiger partial charge in [-0.05, 0) is 30.3 Å². The molecule has 7 heteroatoms. The summed E-state index contributed by atoms with van der Waals surface area (Å²) in [6.07, 6.45) is 1.50. The molecule has 23 heavy (non-hydrogen) atoms. The number of pyridine rings is 1. The van der Waals surface area contributed by atoms with Crippen LogP contribution in [-0.2, 0) is 13.7 Å². The minimum Gasteiger partial charge on any atom is -0.390 e. The van der Waals surface area contributed by atoms with Gasteiger partial charge in [-0.15, -0.1) is 0 Å². The van der Waals surface area contributed by atoms with Crippen molar-refractivity contribution in [3.05, 3.63) is 58.0 Å². The number of halogens is 2. The SMILES string of the molecule is Cn1c(C(=O)Nc2ccc(CO)nc2)cc2c(Cl)c(Cl)ccc21. The highest BCUT2D eigenvalue weighted by Crippen LogP contribution is 2.32. The highest BCUT2D eigenvalue weighted by Gasteiger charge is 2.16. The minimum atomic E-state index is -0.283. The van der Waals surface area contributed by atoms with Crippen molar-refractivity contribution >= 4 is 45.7 Å². The van der Waals surface area contributed by atoms with Crippen molar-refractivity contribution in [3.63, 3.8) is 0 Å². The van der Waals surface area contributed by atoms with E-state index in [0.717, 1.165) is 10.9 Å². The first-order chi connectivity index (χ1) is 11.0. The van der Waals surface area contributed by atoms with Gasteiger partial charge in [0.15, 0.2) is 0 Å². The molecule has 1 aromatic carbocycles. The molecular formula is C16H13Cl2N3O2. The van der Waals surface area contributed by atoms with E-state index in [1.807, 2.05) is 6.07 Å². The number of aromatic nitrogens is 2. The molecule has 5 nitrogen and oxygen atoms in total. The quantitative estimate of drug-likeness (QED) is 0.758. The monoisotopic (exact) mass is 349 g/mol. The molecule has 0 radical (unpaired) electrons. The van der Waals surface area contributed by atoms with Gasteiger partial charge in [0.1, 0.15) is 5.69 Å². The lowest BCUT2D eigenvalue weighted by molar-refractivity contribution is 0.101. The largest absolute Gasteiger partial charge is 0.390 e. The molecule has 3 aromatic rings. The van der Waals surface area contributed by atoms with Gasteiger partial charge in [-0.2, -0.15) is 0 Å². The molecule has 1 amide bonds. The zero-order chi connectivity index (χ0) is 16.6. The Morgan fingerprint density at radius 3 is 2.74 bits per heavy atom. The van der Waals surface area contributed by atoms with Crippen LogP contribution in [0.5, 0.6) is 0 Å². The summed E-state index contributed by atoms with van der Waals surface area (Å²) in [6.45, 7) is -0.142. The molecule has 0 aliphatic rings. The second kappa shape index (κ2) is 6.20. The van der Waals surface area contributed by atoms with Crippen molar-refractivity contribution in [2.75, 3.05) is 5.32 Å².